The molecule has 2 aromatic rings. The highest BCUT2D eigenvalue weighted by molar-refractivity contribution is 8.27. The van der Waals surface area contributed by atoms with Crippen molar-refractivity contribution in [3.63, 3.8) is 0 Å². The molecule has 1 fully saturated rings. The molecule has 1 aliphatic rings. The van der Waals surface area contributed by atoms with E-state index in [1.807, 2.05) is 62.4 Å². The van der Waals surface area contributed by atoms with Crippen LogP contribution in [0.4, 0.5) is 5.69 Å². The van der Waals surface area contributed by atoms with Crippen LogP contribution in [0.25, 0.3) is 6.08 Å². The number of carbonyl (C=O) groups is 1. The van der Waals surface area contributed by atoms with Gasteiger partial charge in [-0.3, -0.25) is 9.69 Å². The number of carbonyl (C=O) groups excluding carboxylic acids is 1. The van der Waals surface area contributed by atoms with E-state index in [1.54, 1.807) is 12.0 Å². The van der Waals surface area contributed by atoms with Gasteiger partial charge in [0.05, 0.1) is 24.3 Å². The minimum Gasteiger partial charge on any atom is -0.493 e. The van der Waals surface area contributed by atoms with E-state index in [4.69, 9.17) is 21.7 Å². The molecule has 2 aromatic carbocycles. The largest absolute Gasteiger partial charge is 0.493 e. The maximum atomic E-state index is 12.8. The average molecular weight is 386 g/mol. The summed E-state index contributed by atoms with van der Waals surface area (Å²) in [7, 11) is 1.60. The Labute approximate surface area is 162 Å². The van der Waals surface area contributed by atoms with Crippen molar-refractivity contribution < 1.29 is 14.3 Å². The van der Waals surface area contributed by atoms with Gasteiger partial charge < -0.3 is 9.47 Å². The van der Waals surface area contributed by atoms with Gasteiger partial charge in [0, 0.05) is 0 Å². The molecule has 0 aromatic heterocycles. The van der Waals surface area contributed by atoms with Crippen LogP contribution in [0.2, 0.25) is 0 Å². The first-order chi connectivity index (χ1) is 12.5. The number of methoxy groups -OCH3 is 1. The monoisotopic (exact) mass is 385 g/mol. The number of aryl methyl sites for hydroxylation is 1. The first-order valence-electron chi connectivity index (χ1n) is 8.19. The molecule has 1 saturated heterocycles. The fourth-order valence-corrected chi connectivity index (χ4v) is 3.96. The molecule has 1 amide bonds. The number of anilines is 1. The molecule has 4 nitrogen and oxygen atoms in total. The van der Waals surface area contributed by atoms with E-state index >= 15 is 0 Å². The normalized spacial score (nSPS) is 15.7. The van der Waals surface area contributed by atoms with Crippen molar-refractivity contribution in [2.75, 3.05) is 18.6 Å². The summed E-state index contributed by atoms with van der Waals surface area (Å²) in [6.45, 7) is 4.47. The number of amides is 1. The predicted octanol–water partition coefficient (Wildman–Crippen LogP) is 4.81. The van der Waals surface area contributed by atoms with Gasteiger partial charge in [-0.05, 0) is 55.3 Å². The summed E-state index contributed by atoms with van der Waals surface area (Å²) in [6.07, 6.45) is 1.83. The van der Waals surface area contributed by atoms with E-state index in [1.165, 1.54) is 11.8 Å². The van der Waals surface area contributed by atoms with E-state index in [2.05, 4.69) is 0 Å². The standard InChI is InChI=1S/C20H19NO3S2/c1-4-24-16-9-8-14(11-17(16)23-3)12-18-19(22)21(20(25)26-18)15-7-5-6-13(2)10-15/h5-12H,4H2,1-3H3. The molecule has 1 aliphatic heterocycles. The Morgan fingerprint density at radius 3 is 2.69 bits per heavy atom. The average Bonchev–Trinajstić information content (AvgIpc) is 2.90. The van der Waals surface area contributed by atoms with Crippen molar-refractivity contribution in [2.45, 2.75) is 13.8 Å². The van der Waals surface area contributed by atoms with Crippen molar-refractivity contribution in [1.82, 2.24) is 0 Å². The van der Waals surface area contributed by atoms with Crippen molar-refractivity contribution in [3.8, 4) is 11.5 Å². The van der Waals surface area contributed by atoms with Gasteiger partial charge in [0.2, 0.25) is 0 Å². The Morgan fingerprint density at radius 1 is 1.19 bits per heavy atom. The van der Waals surface area contributed by atoms with E-state index in [-0.39, 0.29) is 5.91 Å². The molecule has 134 valence electrons. The third kappa shape index (κ3) is 3.76. The number of ether oxygens (including phenoxy) is 2. The fourth-order valence-electron chi connectivity index (χ4n) is 2.66. The molecule has 0 N–H and O–H groups in total. The molecule has 3 rings (SSSR count). The number of rotatable bonds is 5. The number of hydrogen-bond acceptors (Lipinski definition) is 5. The first kappa shape index (κ1) is 18.5. The van der Waals surface area contributed by atoms with Gasteiger partial charge in [-0.2, -0.15) is 0 Å². The highest BCUT2D eigenvalue weighted by Crippen LogP contribution is 2.37. The third-order valence-electron chi connectivity index (χ3n) is 3.84. The van der Waals surface area contributed by atoms with Crippen LogP contribution in [0.3, 0.4) is 0 Å². The second kappa shape index (κ2) is 7.93. The highest BCUT2D eigenvalue weighted by Gasteiger charge is 2.33. The molecule has 0 saturated carbocycles. The highest BCUT2D eigenvalue weighted by atomic mass is 32.2. The molecule has 26 heavy (non-hydrogen) atoms. The van der Waals surface area contributed by atoms with Gasteiger partial charge >= 0.3 is 0 Å². The lowest BCUT2D eigenvalue weighted by Gasteiger charge is -2.14. The van der Waals surface area contributed by atoms with Gasteiger partial charge in [-0.15, -0.1) is 0 Å². The van der Waals surface area contributed by atoms with Crippen molar-refractivity contribution in [1.29, 1.82) is 0 Å². The number of thioether (sulfide) groups is 1. The predicted molar refractivity (Wildman–Crippen MR) is 111 cm³/mol. The lowest BCUT2D eigenvalue weighted by Crippen LogP contribution is -2.27. The van der Waals surface area contributed by atoms with Crippen LogP contribution < -0.4 is 14.4 Å². The van der Waals surface area contributed by atoms with E-state index < -0.39 is 0 Å². The summed E-state index contributed by atoms with van der Waals surface area (Å²) >= 11 is 6.72. The van der Waals surface area contributed by atoms with E-state index in [0.29, 0.717) is 27.3 Å². The fraction of sp³-hybridized carbons (Fsp3) is 0.200. The zero-order valence-corrected chi connectivity index (χ0v) is 16.4. The minimum absolute atomic E-state index is 0.113. The van der Waals surface area contributed by atoms with Gasteiger partial charge in [-0.25, -0.2) is 0 Å². The van der Waals surface area contributed by atoms with Crippen molar-refractivity contribution in [2.24, 2.45) is 0 Å². The zero-order chi connectivity index (χ0) is 18.7. The van der Waals surface area contributed by atoms with Gasteiger partial charge in [0.1, 0.15) is 0 Å². The molecule has 6 heteroatoms. The van der Waals surface area contributed by atoms with Crippen LogP contribution in [-0.2, 0) is 4.79 Å². The molecule has 0 atom stereocenters. The minimum atomic E-state index is -0.113. The van der Waals surface area contributed by atoms with Crippen LogP contribution in [0.5, 0.6) is 11.5 Å². The zero-order valence-electron chi connectivity index (χ0n) is 14.8. The molecular formula is C20H19NO3S2. The molecule has 0 bridgehead atoms. The maximum Gasteiger partial charge on any atom is 0.270 e. The van der Waals surface area contributed by atoms with E-state index in [0.717, 1.165) is 16.8 Å². The Morgan fingerprint density at radius 2 is 2.00 bits per heavy atom. The SMILES string of the molecule is CCOc1ccc(C=C2SC(=S)N(c3cccc(C)c3)C2=O)cc1OC. The number of benzene rings is 2. The second-order valence-corrected chi connectivity index (χ2v) is 7.38. The molecular weight excluding hydrogens is 366 g/mol. The molecule has 1 heterocycles. The number of hydrogen-bond donors (Lipinski definition) is 0. The quantitative estimate of drug-likeness (QED) is 0.546. The molecule has 0 radical (unpaired) electrons. The lowest BCUT2D eigenvalue weighted by atomic mass is 10.1. The van der Waals surface area contributed by atoms with E-state index in [9.17, 15) is 4.79 Å². The summed E-state index contributed by atoms with van der Waals surface area (Å²) in [4.78, 5) is 15.0. The van der Waals surface area contributed by atoms with Crippen LogP contribution in [0, 0.1) is 6.92 Å². The van der Waals surface area contributed by atoms with Crippen LogP contribution in [0.15, 0.2) is 47.4 Å². The van der Waals surface area contributed by atoms with Gasteiger partial charge in [0.15, 0.2) is 15.8 Å². The summed E-state index contributed by atoms with van der Waals surface area (Å²) in [6, 6.07) is 13.3. The summed E-state index contributed by atoms with van der Waals surface area (Å²) in [5.74, 6) is 1.20. The molecule has 0 aliphatic carbocycles. The molecule has 0 unspecified atom stereocenters. The third-order valence-corrected chi connectivity index (χ3v) is 5.14. The summed E-state index contributed by atoms with van der Waals surface area (Å²) in [5.41, 5.74) is 2.73. The lowest BCUT2D eigenvalue weighted by molar-refractivity contribution is -0.113. The Hall–Kier alpha value is -2.31. The van der Waals surface area contributed by atoms with Crippen molar-refractivity contribution in [3.05, 3.63) is 58.5 Å². The van der Waals surface area contributed by atoms with Crippen LogP contribution in [0.1, 0.15) is 18.1 Å². The second-order valence-electron chi connectivity index (χ2n) is 5.70. The van der Waals surface area contributed by atoms with Crippen LogP contribution >= 0.6 is 24.0 Å². The maximum absolute atomic E-state index is 12.8. The van der Waals surface area contributed by atoms with Gasteiger partial charge in [0.25, 0.3) is 5.91 Å². The first-order valence-corrected chi connectivity index (χ1v) is 9.41. The number of nitrogens with zero attached hydrogens (tertiary/aromatic N) is 1. The number of thiocarbonyl (C=S) groups is 1. The van der Waals surface area contributed by atoms with Crippen molar-refractivity contribution >= 4 is 46.0 Å². The smallest absolute Gasteiger partial charge is 0.270 e. The van der Waals surface area contributed by atoms with Gasteiger partial charge in [-0.1, -0.05) is 42.2 Å². The summed E-state index contributed by atoms with van der Waals surface area (Å²) in [5, 5.41) is 0. The topological polar surface area (TPSA) is 38.8 Å². The Kier molecular flexibility index (Phi) is 5.64. The Balaban J connectivity index is 1.90. The Bertz CT molecular complexity index is 892. The van der Waals surface area contributed by atoms with Crippen LogP contribution in [-0.4, -0.2) is 23.9 Å². The summed E-state index contributed by atoms with van der Waals surface area (Å²) < 4.78 is 11.4. The molecule has 0 spiro atoms.